The lowest BCUT2D eigenvalue weighted by Gasteiger charge is -2.13. The maximum absolute atomic E-state index is 9.31. The van der Waals surface area contributed by atoms with Crippen molar-refractivity contribution in [3.63, 3.8) is 0 Å². The molecular formula is C11H16N4O. The van der Waals surface area contributed by atoms with Gasteiger partial charge >= 0.3 is 0 Å². The zero-order valence-corrected chi connectivity index (χ0v) is 9.80. The predicted molar refractivity (Wildman–Crippen MR) is 61.3 cm³/mol. The van der Waals surface area contributed by atoms with E-state index in [9.17, 15) is 5.11 Å². The second-order valence-electron chi connectivity index (χ2n) is 3.90. The van der Waals surface area contributed by atoms with Gasteiger partial charge in [-0.05, 0) is 19.8 Å². The molecule has 1 N–H and O–H groups in total. The van der Waals surface area contributed by atoms with Gasteiger partial charge in [0.25, 0.3) is 0 Å². The van der Waals surface area contributed by atoms with E-state index < -0.39 is 0 Å². The van der Waals surface area contributed by atoms with E-state index in [1.54, 1.807) is 0 Å². The van der Waals surface area contributed by atoms with Gasteiger partial charge in [-0.1, -0.05) is 13.8 Å². The van der Waals surface area contributed by atoms with Crippen molar-refractivity contribution >= 4 is 11.2 Å². The summed E-state index contributed by atoms with van der Waals surface area (Å²) in [5.74, 6) is -0.0558. The fraction of sp³-hybridized carbons (Fsp3) is 0.545. The lowest BCUT2D eigenvalue weighted by atomic mass is 10.2. The summed E-state index contributed by atoms with van der Waals surface area (Å²) in [5.41, 5.74) is 2.25. The van der Waals surface area contributed by atoms with Gasteiger partial charge < -0.3 is 5.11 Å². The van der Waals surface area contributed by atoms with Gasteiger partial charge in [-0.2, -0.15) is 5.10 Å². The Morgan fingerprint density at radius 2 is 2.06 bits per heavy atom. The van der Waals surface area contributed by atoms with E-state index in [0.29, 0.717) is 11.6 Å². The van der Waals surface area contributed by atoms with Gasteiger partial charge in [-0.25, -0.2) is 14.6 Å². The van der Waals surface area contributed by atoms with Crippen molar-refractivity contribution in [2.24, 2.45) is 0 Å². The van der Waals surface area contributed by atoms with E-state index in [1.807, 2.05) is 11.6 Å². The summed E-state index contributed by atoms with van der Waals surface area (Å²) in [4.78, 5) is 8.26. The minimum absolute atomic E-state index is 0.0558. The Bertz CT molecular complexity index is 502. The van der Waals surface area contributed by atoms with E-state index >= 15 is 0 Å². The van der Waals surface area contributed by atoms with Crippen molar-refractivity contribution in [2.75, 3.05) is 0 Å². The molecule has 86 valence electrons. The van der Waals surface area contributed by atoms with Gasteiger partial charge in [0.1, 0.15) is 5.52 Å². The number of rotatable bonds is 3. The van der Waals surface area contributed by atoms with Crippen LogP contribution in [0.4, 0.5) is 0 Å². The van der Waals surface area contributed by atoms with Crippen LogP contribution in [0.3, 0.4) is 0 Å². The SMILES string of the molecule is CCC(CC)n1nc(C)c2nc(O)cnc21. The summed E-state index contributed by atoms with van der Waals surface area (Å²) in [6.45, 7) is 6.14. The number of hydrogen-bond acceptors (Lipinski definition) is 4. The van der Waals surface area contributed by atoms with Crippen LogP contribution in [0.2, 0.25) is 0 Å². The molecule has 0 aliphatic carbocycles. The number of aryl methyl sites for hydroxylation is 1. The molecule has 2 aromatic rings. The number of hydrogen-bond donors (Lipinski definition) is 1. The first-order chi connectivity index (χ1) is 7.67. The fourth-order valence-corrected chi connectivity index (χ4v) is 1.93. The van der Waals surface area contributed by atoms with Crippen LogP contribution < -0.4 is 0 Å². The molecule has 0 radical (unpaired) electrons. The van der Waals surface area contributed by atoms with Gasteiger partial charge in [0.2, 0.25) is 5.88 Å². The van der Waals surface area contributed by atoms with Crippen molar-refractivity contribution in [1.29, 1.82) is 0 Å². The Kier molecular flexibility index (Phi) is 2.77. The molecule has 2 aromatic heterocycles. The normalized spacial score (nSPS) is 11.5. The highest BCUT2D eigenvalue weighted by molar-refractivity contribution is 5.73. The van der Waals surface area contributed by atoms with E-state index in [-0.39, 0.29) is 5.88 Å². The summed E-state index contributed by atoms with van der Waals surface area (Å²) in [7, 11) is 0. The Morgan fingerprint density at radius 3 is 2.69 bits per heavy atom. The smallest absolute Gasteiger partial charge is 0.230 e. The zero-order valence-electron chi connectivity index (χ0n) is 9.80. The lowest BCUT2D eigenvalue weighted by molar-refractivity contribution is 0.435. The Hall–Kier alpha value is -1.65. The molecule has 2 rings (SSSR count). The first kappa shape index (κ1) is 10.9. The third-order valence-electron chi connectivity index (χ3n) is 2.85. The average Bonchev–Trinajstić information content (AvgIpc) is 2.58. The van der Waals surface area contributed by atoms with Crippen LogP contribution in [0.5, 0.6) is 5.88 Å². The first-order valence-corrected chi connectivity index (χ1v) is 5.58. The number of aromatic nitrogens is 4. The molecule has 0 atom stereocenters. The van der Waals surface area contributed by atoms with Crippen LogP contribution in [0.15, 0.2) is 6.20 Å². The molecule has 0 fully saturated rings. The Balaban J connectivity index is 2.63. The summed E-state index contributed by atoms with van der Waals surface area (Å²) in [5, 5.41) is 13.8. The van der Waals surface area contributed by atoms with Crippen LogP contribution >= 0.6 is 0 Å². The van der Waals surface area contributed by atoms with Crippen molar-refractivity contribution in [3.8, 4) is 5.88 Å². The quantitative estimate of drug-likeness (QED) is 0.861. The minimum atomic E-state index is -0.0558. The Morgan fingerprint density at radius 1 is 1.38 bits per heavy atom. The van der Waals surface area contributed by atoms with E-state index in [4.69, 9.17) is 0 Å². The molecule has 0 aliphatic heterocycles. The van der Waals surface area contributed by atoms with Crippen molar-refractivity contribution in [3.05, 3.63) is 11.9 Å². The second-order valence-corrected chi connectivity index (χ2v) is 3.90. The highest BCUT2D eigenvalue weighted by atomic mass is 16.3. The van der Waals surface area contributed by atoms with E-state index in [2.05, 4.69) is 28.9 Å². The highest BCUT2D eigenvalue weighted by Crippen LogP contribution is 2.23. The second kappa shape index (κ2) is 4.08. The molecule has 0 spiro atoms. The van der Waals surface area contributed by atoms with Crippen molar-refractivity contribution in [1.82, 2.24) is 19.7 Å². The van der Waals surface area contributed by atoms with E-state index in [1.165, 1.54) is 6.20 Å². The van der Waals surface area contributed by atoms with Gasteiger partial charge in [-0.15, -0.1) is 0 Å². The molecule has 16 heavy (non-hydrogen) atoms. The van der Waals surface area contributed by atoms with E-state index in [0.717, 1.165) is 24.2 Å². The summed E-state index contributed by atoms with van der Waals surface area (Å²) >= 11 is 0. The summed E-state index contributed by atoms with van der Waals surface area (Å²) < 4.78 is 1.91. The monoisotopic (exact) mass is 220 g/mol. The molecule has 0 aromatic carbocycles. The topological polar surface area (TPSA) is 63.8 Å². The van der Waals surface area contributed by atoms with Gasteiger partial charge in [0.15, 0.2) is 5.65 Å². The number of aromatic hydroxyl groups is 1. The molecule has 0 aliphatic rings. The minimum Gasteiger partial charge on any atom is -0.492 e. The predicted octanol–water partition coefficient (Wildman–Crippen LogP) is 2.20. The van der Waals surface area contributed by atoms with Crippen LogP contribution in [0.1, 0.15) is 38.4 Å². The summed E-state index contributed by atoms with van der Waals surface area (Å²) in [6, 6.07) is 0.343. The zero-order chi connectivity index (χ0) is 11.7. The standard InChI is InChI=1S/C11H16N4O/c1-4-8(5-2)15-11-10(7(3)14-15)13-9(16)6-12-11/h6,8H,4-5H2,1-3H3,(H,13,16). The molecule has 0 bridgehead atoms. The first-order valence-electron chi connectivity index (χ1n) is 5.58. The third kappa shape index (κ3) is 1.62. The van der Waals surface area contributed by atoms with Gasteiger partial charge in [0.05, 0.1) is 17.9 Å². The maximum atomic E-state index is 9.31. The average molecular weight is 220 g/mol. The van der Waals surface area contributed by atoms with Crippen LogP contribution in [0.25, 0.3) is 11.2 Å². The molecule has 0 unspecified atom stereocenters. The molecule has 0 saturated carbocycles. The molecule has 0 saturated heterocycles. The largest absolute Gasteiger partial charge is 0.492 e. The fourth-order valence-electron chi connectivity index (χ4n) is 1.93. The molecule has 5 heteroatoms. The van der Waals surface area contributed by atoms with Crippen LogP contribution in [0, 0.1) is 6.92 Å². The molecule has 2 heterocycles. The number of nitrogens with zero attached hydrogens (tertiary/aromatic N) is 4. The lowest BCUT2D eigenvalue weighted by Crippen LogP contribution is -2.09. The Labute approximate surface area is 94.1 Å². The molecule has 5 nitrogen and oxygen atoms in total. The number of fused-ring (bicyclic) bond motifs is 1. The summed E-state index contributed by atoms with van der Waals surface area (Å²) in [6.07, 6.45) is 3.38. The molecule has 0 amide bonds. The van der Waals surface area contributed by atoms with Crippen LogP contribution in [-0.2, 0) is 0 Å². The van der Waals surface area contributed by atoms with Crippen molar-refractivity contribution in [2.45, 2.75) is 39.7 Å². The maximum Gasteiger partial charge on any atom is 0.230 e. The molecular weight excluding hydrogens is 204 g/mol. The van der Waals surface area contributed by atoms with Gasteiger partial charge in [-0.3, -0.25) is 0 Å². The van der Waals surface area contributed by atoms with Crippen molar-refractivity contribution < 1.29 is 5.11 Å². The van der Waals surface area contributed by atoms with Gasteiger partial charge in [0, 0.05) is 0 Å². The van der Waals surface area contributed by atoms with Crippen LogP contribution in [-0.4, -0.2) is 24.9 Å². The third-order valence-corrected chi connectivity index (χ3v) is 2.85. The highest BCUT2D eigenvalue weighted by Gasteiger charge is 2.16.